The van der Waals surface area contributed by atoms with Crippen molar-refractivity contribution in [2.45, 2.75) is 39.2 Å². The van der Waals surface area contributed by atoms with Gasteiger partial charge in [0.2, 0.25) is 0 Å². The molecule has 2 rings (SSSR count). The second-order valence-electron chi connectivity index (χ2n) is 6.15. The normalized spacial score (nSPS) is 23.5. The average molecular weight is 264 g/mol. The van der Waals surface area contributed by atoms with Gasteiger partial charge >= 0.3 is 0 Å². The van der Waals surface area contributed by atoms with E-state index in [0.717, 1.165) is 24.9 Å². The van der Waals surface area contributed by atoms with Crippen molar-refractivity contribution in [2.24, 2.45) is 24.6 Å². The molecule has 4 heteroatoms. The Morgan fingerprint density at radius 3 is 2.74 bits per heavy atom. The Bertz CT molecular complexity index is 385. The van der Waals surface area contributed by atoms with Crippen LogP contribution in [0.1, 0.15) is 44.8 Å². The Hall–Kier alpha value is -0.870. The summed E-state index contributed by atoms with van der Waals surface area (Å²) in [5, 5.41) is 0. The van der Waals surface area contributed by atoms with Crippen molar-refractivity contribution in [2.75, 3.05) is 19.6 Å². The molecule has 1 aliphatic heterocycles. The highest BCUT2D eigenvalue weighted by Crippen LogP contribution is 2.28. The summed E-state index contributed by atoms with van der Waals surface area (Å²) in [6, 6.07) is 0.318. The number of hydrogen-bond acceptors (Lipinski definition) is 3. The summed E-state index contributed by atoms with van der Waals surface area (Å²) in [5.74, 6) is 1.67. The minimum atomic E-state index is 0.318. The molecule has 108 valence electrons. The Morgan fingerprint density at radius 2 is 2.16 bits per heavy atom. The monoisotopic (exact) mass is 264 g/mol. The van der Waals surface area contributed by atoms with Crippen LogP contribution in [0.5, 0.6) is 0 Å². The van der Waals surface area contributed by atoms with Crippen LogP contribution in [0.25, 0.3) is 0 Å². The Morgan fingerprint density at radius 1 is 1.37 bits per heavy atom. The molecule has 0 spiro atoms. The lowest BCUT2D eigenvalue weighted by Gasteiger charge is -2.30. The van der Waals surface area contributed by atoms with E-state index in [1.807, 2.05) is 12.5 Å². The summed E-state index contributed by atoms with van der Waals surface area (Å²) < 4.78 is 2.10. The molecule has 1 saturated heterocycles. The van der Waals surface area contributed by atoms with Gasteiger partial charge in [0.1, 0.15) is 0 Å². The number of hydrogen-bond donors (Lipinski definition) is 1. The molecule has 1 aromatic heterocycles. The SMILES string of the molecule is CC(C)C1CCCN(C(CN)c2cncn2C)CC1. The summed E-state index contributed by atoms with van der Waals surface area (Å²) in [6.45, 7) is 7.70. The zero-order chi connectivity index (χ0) is 13.8. The van der Waals surface area contributed by atoms with E-state index in [1.54, 1.807) is 0 Å². The lowest BCUT2D eigenvalue weighted by atomic mass is 9.89. The number of aromatic nitrogens is 2. The van der Waals surface area contributed by atoms with Crippen molar-refractivity contribution in [1.82, 2.24) is 14.5 Å². The van der Waals surface area contributed by atoms with Crippen molar-refractivity contribution < 1.29 is 0 Å². The summed E-state index contributed by atoms with van der Waals surface area (Å²) >= 11 is 0. The lowest BCUT2D eigenvalue weighted by molar-refractivity contribution is 0.197. The molecule has 0 amide bonds. The third-order valence-corrected chi connectivity index (χ3v) is 4.61. The van der Waals surface area contributed by atoms with Crippen LogP contribution in [-0.2, 0) is 7.05 Å². The van der Waals surface area contributed by atoms with Gasteiger partial charge in [-0.05, 0) is 44.2 Å². The highest BCUT2D eigenvalue weighted by molar-refractivity contribution is 5.06. The van der Waals surface area contributed by atoms with Crippen molar-refractivity contribution in [3.05, 3.63) is 18.2 Å². The molecule has 0 radical (unpaired) electrons. The van der Waals surface area contributed by atoms with E-state index in [2.05, 4.69) is 35.3 Å². The van der Waals surface area contributed by atoms with E-state index in [-0.39, 0.29) is 0 Å². The predicted molar refractivity (Wildman–Crippen MR) is 78.8 cm³/mol. The average Bonchev–Trinajstić information content (AvgIpc) is 2.66. The van der Waals surface area contributed by atoms with Gasteiger partial charge in [0.15, 0.2) is 0 Å². The molecule has 2 heterocycles. The zero-order valence-corrected chi connectivity index (χ0v) is 12.5. The van der Waals surface area contributed by atoms with Crippen LogP contribution in [-0.4, -0.2) is 34.1 Å². The van der Waals surface area contributed by atoms with Crippen LogP contribution in [0.4, 0.5) is 0 Å². The van der Waals surface area contributed by atoms with Crippen LogP contribution in [0, 0.1) is 11.8 Å². The minimum absolute atomic E-state index is 0.318. The maximum absolute atomic E-state index is 6.03. The second-order valence-corrected chi connectivity index (χ2v) is 6.15. The van der Waals surface area contributed by atoms with Crippen molar-refractivity contribution in [3.63, 3.8) is 0 Å². The zero-order valence-electron chi connectivity index (χ0n) is 12.5. The standard InChI is InChI=1S/C15H28N4/c1-12(2)13-5-4-7-19(8-6-13)14(9-16)15-10-17-11-18(15)3/h10-14H,4-9,16H2,1-3H3. The summed E-state index contributed by atoms with van der Waals surface area (Å²) in [4.78, 5) is 6.79. The third-order valence-electron chi connectivity index (χ3n) is 4.61. The highest BCUT2D eigenvalue weighted by Gasteiger charge is 2.25. The molecule has 0 saturated carbocycles. The molecule has 4 nitrogen and oxygen atoms in total. The predicted octanol–water partition coefficient (Wildman–Crippen LogP) is 2.18. The van der Waals surface area contributed by atoms with Crippen molar-refractivity contribution in [1.29, 1.82) is 0 Å². The number of nitrogens with zero attached hydrogens (tertiary/aromatic N) is 3. The number of likely N-dealkylation sites (tertiary alicyclic amines) is 1. The first-order chi connectivity index (χ1) is 9.13. The van der Waals surface area contributed by atoms with Gasteiger partial charge in [0, 0.05) is 19.8 Å². The van der Waals surface area contributed by atoms with Gasteiger partial charge in [-0.25, -0.2) is 4.98 Å². The minimum Gasteiger partial charge on any atom is -0.336 e. The lowest BCUT2D eigenvalue weighted by Crippen LogP contribution is -2.35. The molecule has 0 aliphatic carbocycles. The molecule has 2 unspecified atom stereocenters. The largest absolute Gasteiger partial charge is 0.336 e. The third kappa shape index (κ3) is 3.37. The van der Waals surface area contributed by atoms with Crippen LogP contribution in [0.3, 0.4) is 0 Å². The number of aryl methyl sites for hydroxylation is 1. The molecule has 1 fully saturated rings. The smallest absolute Gasteiger partial charge is 0.0946 e. The second kappa shape index (κ2) is 6.53. The van der Waals surface area contributed by atoms with Gasteiger partial charge in [0.05, 0.1) is 18.1 Å². The highest BCUT2D eigenvalue weighted by atomic mass is 15.2. The van der Waals surface area contributed by atoms with Crippen molar-refractivity contribution >= 4 is 0 Å². The number of nitrogens with two attached hydrogens (primary N) is 1. The van der Waals surface area contributed by atoms with Crippen LogP contribution in [0.15, 0.2) is 12.5 Å². The van der Waals surface area contributed by atoms with Gasteiger partial charge in [-0.3, -0.25) is 4.90 Å². The van der Waals surface area contributed by atoms with Gasteiger partial charge in [-0.2, -0.15) is 0 Å². The maximum atomic E-state index is 6.03. The molecule has 0 bridgehead atoms. The summed E-state index contributed by atoms with van der Waals surface area (Å²) in [7, 11) is 2.06. The fourth-order valence-corrected chi connectivity index (χ4v) is 3.27. The molecule has 1 aromatic rings. The van der Waals surface area contributed by atoms with E-state index in [1.165, 1.54) is 25.0 Å². The van der Waals surface area contributed by atoms with Crippen LogP contribution in [0.2, 0.25) is 0 Å². The Kier molecular flexibility index (Phi) is 4.99. The first-order valence-electron chi connectivity index (χ1n) is 7.53. The molecule has 19 heavy (non-hydrogen) atoms. The molecular formula is C15H28N4. The quantitative estimate of drug-likeness (QED) is 0.906. The van der Waals surface area contributed by atoms with E-state index in [4.69, 9.17) is 5.73 Å². The maximum Gasteiger partial charge on any atom is 0.0946 e. The fraction of sp³-hybridized carbons (Fsp3) is 0.800. The van der Waals surface area contributed by atoms with E-state index in [9.17, 15) is 0 Å². The topological polar surface area (TPSA) is 47.1 Å². The summed E-state index contributed by atoms with van der Waals surface area (Å²) in [6.07, 6.45) is 7.77. The first kappa shape index (κ1) is 14.5. The summed E-state index contributed by atoms with van der Waals surface area (Å²) in [5.41, 5.74) is 7.27. The molecule has 0 aromatic carbocycles. The van der Waals surface area contributed by atoms with E-state index in [0.29, 0.717) is 12.6 Å². The van der Waals surface area contributed by atoms with E-state index >= 15 is 0 Å². The molecule has 2 N–H and O–H groups in total. The number of imidazole rings is 1. The van der Waals surface area contributed by atoms with Crippen LogP contribution < -0.4 is 5.73 Å². The van der Waals surface area contributed by atoms with Gasteiger partial charge in [0.25, 0.3) is 0 Å². The van der Waals surface area contributed by atoms with E-state index < -0.39 is 0 Å². The first-order valence-corrected chi connectivity index (χ1v) is 7.53. The molecule has 2 atom stereocenters. The van der Waals surface area contributed by atoms with Gasteiger partial charge < -0.3 is 10.3 Å². The van der Waals surface area contributed by atoms with Crippen LogP contribution >= 0.6 is 0 Å². The fourth-order valence-electron chi connectivity index (χ4n) is 3.27. The molecular weight excluding hydrogens is 236 g/mol. The van der Waals surface area contributed by atoms with Gasteiger partial charge in [-0.15, -0.1) is 0 Å². The Labute approximate surface area is 117 Å². The van der Waals surface area contributed by atoms with Gasteiger partial charge in [-0.1, -0.05) is 13.8 Å². The Balaban J connectivity index is 2.06. The molecule has 1 aliphatic rings. The number of rotatable bonds is 4. The van der Waals surface area contributed by atoms with Crippen molar-refractivity contribution in [3.8, 4) is 0 Å².